The average Bonchev–Trinajstić information content (AvgIpc) is 3.09. The zero-order valence-corrected chi connectivity index (χ0v) is 14.1. The molecule has 4 rings (SSSR count). The van der Waals surface area contributed by atoms with Crippen molar-refractivity contribution in [2.24, 2.45) is 5.73 Å². The first-order valence-electron chi connectivity index (χ1n) is 8.60. The Kier molecular flexibility index (Phi) is 4.22. The Morgan fingerprint density at radius 2 is 2.00 bits per heavy atom. The minimum Gasteiger partial charge on any atom is -0.374 e. The molecule has 1 aliphatic heterocycles. The van der Waals surface area contributed by atoms with Crippen LogP contribution in [0.1, 0.15) is 30.2 Å². The van der Waals surface area contributed by atoms with Crippen LogP contribution in [0.4, 0.5) is 8.78 Å². The SMILES string of the molecule is NC(O)c1ccc(F)c2cn(-c3ccc([C@]4(F)CCCNC4)cc3)nc12. The van der Waals surface area contributed by atoms with E-state index in [4.69, 9.17) is 5.73 Å². The van der Waals surface area contributed by atoms with Crippen LogP contribution in [0.25, 0.3) is 16.6 Å². The fourth-order valence-electron chi connectivity index (χ4n) is 3.49. The fraction of sp³-hybridized carbons (Fsp3) is 0.316. The summed E-state index contributed by atoms with van der Waals surface area (Å²) in [7, 11) is 0. The van der Waals surface area contributed by atoms with Gasteiger partial charge in [-0.25, -0.2) is 13.5 Å². The molecule has 1 aliphatic rings. The Bertz CT molecular complexity index is 931. The number of aliphatic hydroxyl groups excluding tert-OH is 1. The molecule has 0 amide bonds. The number of nitrogens with zero attached hydrogens (tertiary/aromatic N) is 2. The summed E-state index contributed by atoms with van der Waals surface area (Å²) in [6, 6.07) is 9.67. The minimum atomic E-state index is -1.37. The number of rotatable bonds is 3. The van der Waals surface area contributed by atoms with E-state index in [1.54, 1.807) is 30.5 Å². The van der Waals surface area contributed by atoms with Crippen LogP contribution in [-0.2, 0) is 5.67 Å². The van der Waals surface area contributed by atoms with E-state index < -0.39 is 17.7 Å². The van der Waals surface area contributed by atoms with Gasteiger partial charge >= 0.3 is 0 Å². The molecule has 0 bridgehead atoms. The molecule has 2 aromatic carbocycles. The molecular formula is C19H20F2N4O. The Balaban J connectivity index is 1.72. The molecule has 7 heteroatoms. The molecule has 4 N–H and O–H groups in total. The Morgan fingerprint density at radius 3 is 2.65 bits per heavy atom. The van der Waals surface area contributed by atoms with Gasteiger partial charge in [0.05, 0.1) is 11.1 Å². The molecule has 1 saturated heterocycles. The Hall–Kier alpha value is -2.35. The van der Waals surface area contributed by atoms with E-state index in [-0.39, 0.29) is 5.39 Å². The third kappa shape index (κ3) is 2.88. The van der Waals surface area contributed by atoms with E-state index in [1.165, 1.54) is 16.8 Å². The van der Waals surface area contributed by atoms with Crippen molar-refractivity contribution in [3.63, 3.8) is 0 Å². The molecule has 1 fully saturated rings. The van der Waals surface area contributed by atoms with Crippen molar-refractivity contribution in [2.45, 2.75) is 24.7 Å². The van der Waals surface area contributed by atoms with Crippen molar-refractivity contribution in [3.05, 3.63) is 59.5 Å². The van der Waals surface area contributed by atoms with E-state index in [2.05, 4.69) is 10.4 Å². The Morgan fingerprint density at radius 1 is 1.23 bits per heavy atom. The second kappa shape index (κ2) is 6.42. The maximum atomic E-state index is 15.0. The van der Waals surface area contributed by atoms with Gasteiger partial charge in [0.2, 0.25) is 0 Å². The molecule has 136 valence electrons. The lowest BCUT2D eigenvalue weighted by Gasteiger charge is -2.30. The molecule has 0 saturated carbocycles. The van der Waals surface area contributed by atoms with Gasteiger partial charge in [-0.05, 0) is 49.2 Å². The lowest BCUT2D eigenvalue weighted by molar-refractivity contribution is 0.122. The van der Waals surface area contributed by atoms with E-state index >= 15 is 4.39 Å². The predicted octanol–water partition coefficient (Wildman–Crippen LogP) is 2.66. The van der Waals surface area contributed by atoms with Crippen LogP contribution in [-0.4, -0.2) is 28.0 Å². The van der Waals surface area contributed by atoms with E-state index in [9.17, 15) is 9.50 Å². The second-order valence-electron chi connectivity index (χ2n) is 6.71. The van der Waals surface area contributed by atoms with Crippen LogP contribution in [0.15, 0.2) is 42.6 Å². The highest BCUT2D eigenvalue weighted by atomic mass is 19.1. The van der Waals surface area contributed by atoms with E-state index in [1.807, 2.05) is 0 Å². The number of nitrogens with two attached hydrogens (primary N) is 1. The van der Waals surface area contributed by atoms with Gasteiger partial charge < -0.3 is 16.2 Å². The largest absolute Gasteiger partial charge is 0.374 e. The van der Waals surface area contributed by atoms with Crippen molar-refractivity contribution in [2.75, 3.05) is 13.1 Å². The average molecular weight is 358 g/mol. The third-order valence-corrected chi connectivity index (χ3v) is 4.95. The van der Waals surface area contributed by atoms with Crippen molar-refractivity contribution in [3.8, 4) is 5.69 Å². The first kappa shape index (κ1) is 17.1. The number of fused-ring (bicyclic) bond motifs is 1. The summed E-state index contributed by atoms with van der Waals surface area (Å²) in [6.45, 7) is 1.14. The standard InChI is InChI=1S/C19H20F2N4O/c20-16-7-6-14(18(22)26)17-15(16)10-25(24-17)13-4-2-12(3-5-13)19(21)8-1-9-23-11-19/h2-7,10,18,23,26H,1,8-9,11,22H2/t18?,19-/m0/s1. The zero-order chi connectivity index (χ0) is 18.3. The van der Waals surface area contributed by atoms with Gasteiger partial charge in [-0.15, -0.1) is 0 Å². The summed E-state index contributed by atoms with van der Waals surface area (Å²) >= 11 is 0. The summed E-state index contributed by atoms with van der Waals surface area (Å²) in [5, 5.41) is 17.4. The van der Waals surface area contributed by atoms with Crippen LogP contribution < -0.4 is 11.1 Å². The second-order valence-corrected chi connectivity index (χ2v) is 6.71. The number of hydrogen-bond acceptors (Lipinski definition) is 4. The summed E-state index contributed by atoms with van der Waals surface area (Å²) in [5.41, 5.74) is 6.12. The highest BCUT2D eigenvalue weighted by molar-refractivity contribution is 5.83. The monoisotopic (exact) mass is 358 g/mol. The molecule has 1 unspecified atom stereocenters. The maximum Gasteiger partial charge on any atom is 0.148 e. The molecule has 0 radical (unpaired) electrons. The fourth-order valence-corrected chi connectivity index (χ4v) is 3.49. The van der Waals surface area contributed by atoms with Gasteiger partial charge in [0.25, 0.3) is 0 Å². The number of nitrogens with one attached hydrogen (secondary N) is 1. The number of aliphatic hydroxyl groups is 1. The summed E-state index contributed by atoms with van der Waals surface area (Å²) in [5.74, 6) is -0.441. The van der Waals surface area contributed by atoms with Crippen molar-refractivity contribution >= 4 is 10.9 Å². The molecule has 1 aromatic heterocycles. The summed E-state index contributed by atoms with van der Waals surface area (Å²) in [4.78, 5) is 0. The van der Waals surface area contributed by atoms with Gasteiger partial charge in [0.1, 0.15) is 23.2 Å². The quantitative estimate of drug-likeness (QED) is 0.629. The summed E-state index contributed by atoms with van der Waals surface area (Å²) < 4.78 is 30.6. The van der Waals surface area contributed by atoms with Gasteiger partial charge in [0.15, 0.2) is 0 Å². The molecule has 5 nitrogen and oxygen atoms in total. The van der Waals surface area contributed by atoms with Gasteiger partial charge in [0, 0.05) is 18.3 Å². The first-order chi connectivity index (χ1) is 12.5. The van der Waals surface area contributed by atoms with Crippen molar-refractivity contribution in [1.82, 2.24) is 15.1 Å². The third-order valence-electron chi connectivity index (χ3n) is 4.95. The number of aromatic nitrogens is 2. The summed E-state index contributed by atoms with van der Waals surface area (Å²) in [6.07, 6.45) is 1.59. The van der Waals surface area contributed by atoms with Crippen LogP contribution in [0, 0.1) is 5.82 Å². The first-order valence-corrected chi connectivity index (χ1v) is 8.60. The lowest BCUT2D eigenvalue weighted by atomic mass is 9.88. The smallest absolute Gasteiger partial charge is 0.148 e. The van der Waals surface area contributed by atoms with Crippen LogP contribution in [0.5, 0.6) is 0 Å². The van der Waals surface area contributed by atoms with E-state index in [0.29, 0.717) is 35.3 Å². The minimum absolute atomic E-state index is 0.273. The van der Waals surface area contributed by atoms with E-state index in [0.717, 1.165) is 13.0 Å². The number of halogens is 2. The molecule has 3 aromatic rings. The molecular weight excluding hydrogens is 338 g/mol. The van der Waals surface area contributed by atoms with Gasteiger partial charge in [-0.2, -0.15) is 5.10 Å². The number of piperidine rings is 1. The maximum absolute atomic E-state index is 15.0. The number of hydrogen-bond donors (Lipinski definition) is 3. The van der Waals surface area contributed by atoms with Crippen LogP contribution in [0.3, 0.4) is 0 Å². The number of benzene rings is 2. The highest BCUT2D eigenvalue weighted by Gasteiger charge is 2.33. The predicted molar refractivity (Wildman–Crippen MR) is 95.1 cm³/mol. The molecule has 2 heterocycles. The normalized spacial score (nSPS) is 21.8. The van der Waals surface area contributed by atoms with Crippen LogP contribution in [0.2, 0.25) is 0 Å². The van der Waals surface area contributed by atoms with Crippen LogP contribution >= 0.6 is 0 Å². The van der Waals surface area contributed by atoms with Crippen molar-refractivity contribution < 1.29 is 13.9 Å². The zero-order valence-electron chi connectivity index (χ0n) is 14.1. The number of alkyl halides is 1. The lowest BCUT2D eigenvalue weighted by Crippen LogP contribution is -2.40. The molecule has 0 aliphatic carbocycles. The van der Waals surface area contributed by atoms with Gasteiger partial charge in [-0.3, -0.25) is 0 Å². The molecule has 0 spiro atoms. The Labute approximate surface area is 149 Å². The topological polar surface area (TPSA) is 76.1 Å². The van der Waals surface area contributed by atoms with Crippen molar-refractivity contribution in [1.29, 1.82) is 0 Å². The van der Waals surface area contributed by atoms with Gasteiger partial charge in [-0.1, -0.05) is 12.1 Å². The highest BCUT2D eigenvalue weighted by Crippen LogP contribution is 2.33. The molecule has 26 heavy (non-hydrogen) atoms. The molecule has 2 atom stereocenters.